The molecule has 6 heteroatoms. The van der Waals surface area contributed by atoms with E-state index >= 15 is 0 Å². The van der Waals surface area contributed by atoms with E-state index in [0.717, 1.165) is 33.5 Å². The molecule has 0 spiro atoms. The Morgan fingerprint density at radius 2 is 1.88 bits per heavy atom. The molecule has 1 aliphatic heterocycles. The highest BCUT2D eigenvalue weighted by Gasteiger charge is 2.29. The van der Waals surface area contributed by atoms with Crippen LogP contribution in [0.4, 0.5) is 4.39 Å². The smallest absolute Gasteiger partial charge is 0.162 e. The molecule has 0 amide bonds. The summed E-state index contributed by atoms with van der Waals surface area (Å²) in [5.41, 5.74) is 4.49. The van der Waals surface area contributed by atoms with E-state index in [2.05, 4.69) is 28.6 Å². The van der Waals surface area contributed by atoms with E-state index in [-0.39, 0.29) is 11.9 Å². The van der Waals surface area contributed by atoms with Gasteiger partial charge in [0.05, 0.1) is 5.71 Å². The van der Waals surface area contributed by atoms with Gasteiger partial charge >= 0.3 is 0 Å². The summed E-state index contributed by atoms with van der Waals surface area (Å²) in [5.74, 6) is 1.46. The maximum absolute atomic E-state index is 14.2. The minimum atomic E-state index is -0.209. The second-order valence-corrected chi connectivity index (χ2v) is 7.73. The van der Waals surface area contributed by atoms with Crippen molar-refractivity contribution in [2.24, 2.45) is 4.99 Å². The number of hydrogen-bond acceptors (Lipinski definition) is 4. The molecule has 3 aromatic rings. The molecule has 0 aliphatic carbocycles. The zero-order chi connectivity index (χ0) is 17.9. The van der Waals surface area contributed by atoms with Crippen LogP contribution >= 0.6 is 11.3 Å². The SMILES string of the molecule is Cc1ccc(C2=N[C@@H](C)c3nnc(C)n3-c3sc(C)c(C)c32)cc1F. The highest BCUT2D eigenvalue weighted by atomic mass is 32.1. The molecule has 4 nitrogen and oxygen atoms in total. The lowest BCUT2D eigenvalue weighted by atomic mass is 9.98. The first-order valence-electron chi connectivity index (χ1n) is 8.25. The first-order chi connectivity index (χ1) is 11.9. The van der Waals surface area contributed by atoms with Crippen LogP contribution in [-0.2, 0) is 0 Å². The van der Waals surface area contributed by atoms with Crippen LogP contribution in [0.25, 0.3) is 5.00 Å². The molecule has 4 rings (SSSR count). The summed E-state index contributed by atoms with van der Waals surface area (Å²) in [4.78, 5) is 6.14. The number of hydrogen-bond donors (Lipinski definition) is 0. The third-order valence-corrected chi connectivity index (χ3v) is 5.99. The second kappa shape index (κ2) is 5.59. The van der Waals surface area contributed by atoms with Crippen molar-refractivity contribution in [1.29, 1.82) is 0 Å². The van der Waals surface area contributed by atoms with Crippen LogP contribution in [0.3, 0.4) is 0 Å². The first-order valence-corrected chi connectivity index (χ1v) is 9.07. The molecule has 0 bridgehead atoms. The molecule has 128 valence electrons. The van der Waals surface area contributed by atoms with Crippen molar-refractivity contribution in [3.05, 3.63) is 62.8 Å². The molecule has 0 radical (unpaired) electrons. The molecule has 1 aromatic carbocycles. The molecule has 0 unspecified atom stereocenters. The van der Waals surface area contributed by atoms with Crippen molar-refractivity contribution in [3.8, 4) is 5.00 Å². The summed E-state index contributed by atoms with van der Waals surface area (Å²) < 4.78 is 16.3. The molecule has 25 heavy (non-hydrogen) atoms. The fraction of sp³-hybridized carbons (Fsp3) is 0.316. The molecular formula is C19H19FN4S. The average Bonchev–Trinajstić information content (AvgIpc) is 3.04. The van der Waals surface area contributed by atoms with Gasteiger partial charge in [0.2, 0.25) is 0 Å². The third-order valence-electron chi connectivity index (χ3n) is 4.80. The fourth-order valence-electron chi connectivity index (χ4n) is 3.22. The molecule has 3 heterocycles. The summed E-state index contributed by atoms with van der Waals surface area (Å²) in [6.07, 6.45) is 0. The largest absolute Gasteiger partial charge is 0.273 e. The number of benzene rings is 1. The van der Waals surface area contributed by atoms with E-state index in [1.807, 2.05) is 26.0 Å². The fourth-order valence-corrected chi connectivity index (χ4v) is 4.43. The predicted octanol–water partition coefficient (Wildman–Crippen LogP) is 4.61. The van der Waals surface area contributed by atoms with E-state index in [9.17, 15) is 4.39 Å². The minimum absolute atomic E-state index is 0.153. The lowest BCUT2D eigenvalue weighted by Gasteiger charge is -2.10. The van der Waals surface area contributed by atoms with E-state index < -0.39 is 0 Å². The Bertz CT molecular complexity index is 1030. The number of halogens is 1. The normalized spacial score (nSPS) is 16.2. The van der Waals surface area contributed by atoms with Crippen LogP contribution in [0, 0.1) is 33.5 Å². The second-order valence-electron chi connectivity index (χ2n) is 6.52. The van der Waals surface area contributed by atoms with Crippen LogP contribution in [0.5, 0.6) is 0 Å². The van der Waals surface area contributed by atoms with Gasteiger partial charge in [-0.05, 0) is 51.8 Å². The molecule has 2 aromatic heterocycles. The zero-order valence-corrected chi connectivity index (χ0v) is 15.7. The van der Waals surface area contributed by atoms with Gasteiger partial charge in [0.1, 0.15) is 22.7 Å². The molecule has 1 aliphatic rings. The van der Waals surface area contributed by atoms with Gasteiger partial charge in [-0.1, -0.05) is 12.1 Å². The Morgan fingerprint density at radius 3 is 2.60 bits per heavy atom. The van der Waals surface area contributed by atoms with Crippen LogP contribution in [-0.4, -0.2) is 20.5 Å². The monoisotopic (exact) mass is 354 g/mol. The van der Waals surface area contributed by atoms with E-state index in [4.69, 9.17) is 4.99 Å². The van der Waals surface area contributed by atoms with E-state index in [0.29, 0.717) is 5.56 Å². The van der Waals surface area contributed by atoms with Crippen LogP contribution in [0.1, 0.15) is 51.7 Å². The number of fused-ring (bicyclic) bond motifs is 3. The maximum atomic E-state index is 14.2. The number of aromatic nitrogens is 3. The van der Waals surface area contributed by atoms with Gasteiger partial charge in [0, 0.05) is 16.0 Å². The molecule has 0 saturated heterocycles. The van der Waals surface area contributed by atoms with Gasteiger partial charge in [-0.2, -0.15) is 0 Å². The van der Waals surface area contributed by atoms with Gasteiger partial charge in [0.15, 0.2) is 5.82 Å². The number of nitrogens with zero attached hydrogens (tertiary/aromatic N) is 4. The summed E-state index contributed by atoms with van der Waals surface area (Å²) >= 11 is 1.71. The Hall–Kier alpha value is -2.34. The zero-order valence-electron chi connectivity index (χ0n) is 14.9. The molecular weight excluding hydrogens is 335 g/mol. The number of rotatable bonds is 1. The van der Waals surface area contributed by atoms with E-state index in [1.165, 1.54) is 10.4 Å². The van der Waals surface area contributed by atoms with Gasteiger partial charge in [-0.25, -0.2) is 4.39 Å². The molecule has 0 fully saturated rings. The molecule has 1 atom stereocenters. The van der Waals surface area contributed by atoms with Crippen molar-refractivity contribution in [3.63, 3.8) is 0 Å². The summed E-state index contributed by atoms with van der Waals surface area (Å²) in [6, 6.07) is 5.18. The first kappa shape index (κ1) is 16.1. The Balaban J connectivity index is 2.05. The number of thiophene rings is 1. The van der Waals surface area contributed by atoms with Crippen molar-refractivity contribution >= 4 is 17.0 Å². The van der Waals surface area contributed by atoms with Crippen molar-refractivity contribution in [1.82, 2.24) is 14.8 Å². The highest BCUT2D eigenvalue weighted by Crippen LogP contribution is 2.38. The maximum Gasteiger partial charge on any atom is 0.162 e. The lowest BCUT2D eigenvalue weighted by Crippen LogP contribution is -2.08. The van der Waals surface area contributed by atoms with Crippen molar-refractivity contribution in [2.45, 2.75) is 40.7 Å². The Morgan fingerprint density at radius 1 is 1.12 bits per heavy atom. The predicted molar refractivity (Wildman–Crippen MR) is 98.6 cm³/mol. The summed E-state index contributed by atoms with van der Waals surface area (Å²) in [6.45, 7) is 9.93. The van der Waals surface area contributed by atoms with Crippen LogP contribution in [0.2, 0.25) is 0 Å². The Kier molecular flexibility index (Phi) is 3.61. The van der Waals surface area contributed by atoms with Crippen molar-refractivity contribution < 1.29 is 4.39 Å². The quantitative estimate of drug-likeness (QED) is 0.640. The molecule has 0 N–H and O–H groups in total. The van der Waals surface area contributed by atoms with Crippen LogP contribution in [0.15, 0.2) is 23.2 Å². The standard InChI is InChI=1S/C19H19FN4S/c1-9-6-7-14(8-15(9)20)17-16-10(2)12(4)25-19(16)24-13(5)22-23-18(24)11(3)21-17/h6-8,11H,1-5H3/t11-/m0/s1. The average molecular weight is 354 g/mol. The summed E-state index contributed by atoms with van der Waals surface area (Å²) in [5, 5.41) is 9.64. The van der Waals surface area contributed by atoms with Gasteiger partial charge < -0.3 is 0 Å². The van der Waals surface area contributed by atoms with E-state index in [1.54, 1.807) is 24.3 Å². The topological polar surface area (TPSA) is 43.1 Å². The minimum Gasteiger partial charge on any atom is -0.273 e. The summed E-state index contributed by atoms with van der Waals surface area (Å²) in [7, 11) is 0. The Labute approximate surface area is 150 Å². The van der Waals surface area contributed by atoms with Crippen LogP contribution < -0.4 is 0 Å². The highest BCUT2D eigenvalue weighted by molar-refractivity contribution is 7.15. The van der Waals surface area contributed by atoms with Gasteiger partial charge in [-0.15, -0.1) is 21.5 Å². The lowest BCUT2D eigenvalue weighted by molar-refractivity contribution is 0.618. The molecule has 0 saturated carbocycles. The van der Waals surface area contributed by atoms with Gasteiger partial charge in [0.25, 0.3) is 0 Å². The number of aryl methyl sites for hydroxylation is 3. The number of aliphatic imine (C=N–C) groups is 1. The van der Waals surface area contributed by atoms with Gasteiger partial charge in [-0.3, -0.25) is 9.56 Å². The van der Waals surface area contributed by atoms with Crippen molar-refractivity contribution in [2.75, 3.05) is 0 Å². The third kappa shape index (κ3) is 2.35.